The van der Waals surface area contributed by atoms with Crippen LogP contribution >= 0.6 is 0 Å². The molecule has 22 heavy (non-hydrogen) atoms. The molecule has 8 nitrogen and oxygen atoms in total. The van der Waals surface area contributed by atoms with Gasteiger partial charge in [0.2, 0.25) is 10.0 Å². The van der Waals surface area contributed by atoms with Crippen LogP contribution in [-0.2, 0) is 16.6 Å². The zero-order valence-corrected chi connectivity index (χ0v) is 14.1. The molecule has 124 valence electrons. The van der Waals surface area contributed by atoms with Crippen molar-refractivity contribution in [3.05, 3.63) is 11.9 Å². The van der Waals surface area contributed by atoms with Crippen LogP contribution in [0.25, 0.3) is 0 Å². The van der Waals surface area contributed by atoms with Gasteiger partial charge < -0.3 is 4.90 Å². The van der Waals surface area contributed by atoms with E-state index in [1.165, 1.54) is 11.2 Å². The summed E-state index contributed by atoms with van der Waals surface area (Å²) in [6.07, 6.45) is 6.36. The lowest BCUT2D eigenvalue weighted by Crippen LogP contribution is -2.43. The van der Waals surface area contributed by atoms with Gasteiger partial charge in [-0.15, -0.1) is 5.10 Å². The van der Waals surface area contributed by atoms with Crippen molar-refractivity contribution in [1.29, 1.82) is 0 Å². The van der Waals surface area contributed by atoms with Crippen molar-refractivity contribution >= 4 is 15.9 Å². The second-order valence-electron chi connectivity index (χ2n) is 5.88. The topological polar surface area (TPSA) is 88.4 Å². The maximum Gasteiger partial charge on any atom is 0.275 e. The molecular formula is C13H23N5O3S. The molecule has 0 spiro atoms. The van der Waals surface area contributed by atoms with Gasteiger partial charge in [0.15, 0.2) is 5.69 Å². The van der Waals surface area contributed by atoms with Crippen molar-refractivity contribution in [2.75, 3.05) is 26.9 Å². The van der Waals surface area contributed by atoms with E-state index in [1.54, 1.807) is 29.3 Å². The average molecular weight is 329 g/mol. The predicted molar refractivity (Wildman–Crippen MR) is 81.8 cm³/mol. The maximum atomic E-state index is 11.8. The van der Waals surface area contributed by atoms with E-state index < -0.39 is 10.0 Å². The van der Waals surface area contributed by atoms with Crippen molar-refractivity contribution in [1.82, 2.24) is 24.2 Å². The fourth-order valence-electron chi connectivity index (χ4n) is 2.72. The molecule has 0 radical (unpaired) electrons. The molecule has 0 bridgehead atoms. The highest BCUT2D eigenvalue weighted by molar-refractivity contribution is 7.88. The summed E-state index contributed by atoms with van der Waals surface area (Å²) in [4.78, 5) is 13.2. The molecule has 9 heteroatoms. The molecule has 2 heterocycles. The van der Waals surface area contributed by atoms with Crippen LogP contribution in [0, 0.1) is 0 Å². The van der Waals surface area contributed by atoms with Gasteiger partial charge in [-0.25, -0.2) is 8.42 Å². The normalized spacial score (nSPS) is 20.0. The van der Waals surface area contributed by atoms with Gasteiger partial charge in [-0.2, -0.15) is 4.31 Å². The van der Waals surface area contributed by atoms with Crippen LogP contribution in [0.2, 0.25) is 0 Å². The fraction of sp³-hybridized carbons (Fsp3) is 0.769. The number of rotatable bonds is 5. The molecule has 1 fully saturated rings. The lowest BCUT2D eigenvalue weighted by Gasteiger charge is -2.33. The highest BCUT2D eigenvalue weighted by Crippen LogP contribution is 2.22. The Morgan fingerprint density at radius 2 is 2.14 bits per heavy atom. The standard InChI is InChI=1S/C13H23N5O3S/c1-16(2)13(19)12-10-17(15-14-12)9-7-11-6-4-5-8-18(11)22(3,20)21/h10-11H,4-9H2,1-3H3. The Morgan fingerprint density at radius 3 is 2.77 bits per heavy atom. The van der Waals surface area contributed by atoms with Crippen molar-refractivity contribution in [2.45, 2.75) is 38.3 Å². The molecular weight excluding hydrogens is 306 g/mol. The fourth-order valence-corrected chi connectivity index (χ4v) is 3.93. The van der Waals surface area contributed by atoms with Crippen molar-refractivity contribution in [3.8, 4) is 0 Å². The highest BCUT2D eigenvalue weighted by Gasteiger charge is 2.29. The minimum Gasteiger partial charge on any atom is -0.343 e. The summed E-state index contributed by atoms with van der Waals surface area (Å²) in [5.74, 6) is -0.193. The zero-order chi connectivity index (χ0) is 16.3. The second-order valence-corrected chi connectivity index (χ2v) is 7.81. The summed E-state index contributed by atoms with van der Waals surface area (Å²) < 4.78 is 26.8. The lowest BCUT2D eigenvalue weighted by atomic mass is 10.0. The van der Waals surface area contributed by atoms with E-state index in [0.717, 1.165) is 19.3 Å². The third kappa shape index (κ3) is 4.04. The number of sulfonamides is 1. The highest BCUT2D eigenvalue weighted by atomic mass is 32.2. The predicted octanol–water partition coefficient (Wildman–Crippen LogP) is 0.184. The van der Waals surface area contributed by atoms with Crippen LogP contribution < -0.4 is 0 Å². The molecule has 1 saturated heterocycles. The average Bonchev–Trinajstić information content (AvgIpc) is 2.92. The summed E-state index contributed by atoms with van der Waals surface area (Å²) >= 11 is 0. The Balaban J connectivity index is 1.98. The van der Waals surface area contributed by atoms with Crippen LogP contribution in [0.3, 0.4) is 0 Å². The molecule has 1 amide bonds. The first-order valence-corrected chi connectivity index (χ1v) is 9.22. The molecule has 0 N–H and O–H groups in total. The van der Waals surface area contributed by atoms with Gasteiger partial charge in [0, 0.05) is 33.2 Å². The Morgan fingerprint density at radius 1 is 1.41 bits per heavy atom. The second kappa shape index (κ2) is 6.74. The number of aryl methyl sites for hydroxylation is 1. The van der Waals surface area contributed by atoms with Crippen molar-refractivity contribution in [2.24, 2.45) is 0 Å². The van der Waals surface area contributed by atoms with Crippen molar-refractivity contribution in [3.63, 3.8) is 0 Å². The van der Waals surface area contributed by atoms with Crippen LogP contribution in [-0.4, -0.2) is 71.5 Å². The van der Waals surface area contributed by atoms with Gasteiger partial charge in [-0.3, -0.25) is 9.48 Å². The van der Waals surface area contributed by atoms with E-state index in [4.69, 9.17) is 0 Å². The van der Waals surface area contributed by atoms with Crippen LogP contribution in [0.4, 0.5) is 0 Å². The summed E-state index contributed by atoms with van der Waals surface area (Å²) in [7, 11) is 0.149. The number of carbonyl (C=O) groups excluding carboxylic acids is 1. The first-order valence-electron chi connectivity index (χ1n) is 7.37. The third-order valence-electron chi connectivity index (χ3n) is 3.85. The number of amides is 1. The molecule has 1 aliphatic heterocycles. The molecule has 1 aromatic heterocycles. The Bertz CT molecular complexity index is 625. The molecule has 1 aliphatic rings. The molecule has 0 aromatic carbocycles. The van der Waals surface area contributed by atoms with E-state index >= 15 is 0 Å². The molecule has 1 unspecified atom stereocenters. The van der Waals surface area contributed by atoms with Crippen LogP contribution in [0.5, 0.6) is 0 Å². The Labute approximate surface area is 131 Å². The van der Waals surface area contributed by atoms with Gasteiger partial charge in [0.1, 0.15) is 0 Å². The Kier molecular flexibility index (Phi) is 5.17. The molecule has 0 saturated carbocycles. The van der Waals surface area contributed by atoms with E-state index in [9.17, 15) is 13.2 Å². The summed E-state index contributed by atoms with van der Waals surface area (Å²) in [6.45, 7) is 1.13. The van der Waals surface area contributed by atoms with Gasteiger partial charge in [0.25, 0.3) is 5.91 Å². The first-order chi connectivity index (χ1) is 10.3. The largest absolute Gasteiger partial charge is 0.343 e. The molecule has 0 aliphatic carbocycles. The summed E-state index contributed by atoms with van der Waals surface area (Å²) in [5.41, 5.74) is 0.300. The number of piperidine rings is 1. The zero-order valence-electron chi connectivity index (χ0n) is 13.3. The number of carbonyl (C=O) groups is 1. The van der Waals surface area contributed by atoms with E-state index in [-0.39, 0.29) is 11.9 Å². The maximum absolute atomic E-state index is 11.8. The number of hydrogen-bond donors (Lipinski definition) is 0. The van der Waals surface area contributed by atoms with Crippen molar-refractivity contribution < 1.29 is 13.2 Å². The monoisotopic (exact) mass is 329 g/mol. The van der Waals surface area contributed by atoms with Gasteiger partial charge in [0.05, 0.1) is 12.5 Å². The summed E-state index contributed by atoms with van der Waals surface area (Å²) in [6, 6.07) is 0.000880. The van der Waals surface area contributed by atoms with E-state index in [1.807, 2.05) is 0 Å². The SMILES string of the molecule is CN(C)C(=O)c1cn(CCC2CCCCN2S(C)(=O)=O)nn1. The minimum absolute atomic E-state index is 0.000880. The van der Waals surface area contributed by atoms with Gasteiger partial charge >= 0.3 is 0 Å². The number of nitrogens with zero attached hydrogens (tertiary/aromatic N) is 5. The molecule has 1 aromatic rings. The lowest BCUT2D eigenvalue weighted by molar-refractivity contribution is 0.0822. The smallest absolute Gasteiger partial charge is 0.275 e. The number of aromatic nitrogens is 3. The minimum atomic E-state index is -3.17. The van der Waals surface area contributed by atoms with E-state index in [0.29, 0.717) is 25.2 Å². The van der Waals surface area contributed by atoms with Gasteiger partial charge in [-0.1, -0.05) is 11.6 Å². The quantitative estimate of drug-likeness (QED) is 0.769. The first kappa shape index (κ1) is 16.9. The van der Waals surface area contributed by atoms with Crippen LogP contribution in [0.15, 0.2) is 6.20 Å². The van der Waals surface area contributed by atoms with E-state index in [2.05, 4.69) is 10.3 Å². The van der Waals surface area contributed by atoms with Crippen LogP contribution in [0.1, 0.15) is 36.2 Å². The molecule has 1 atom stereocenters. The number of hydrogen-bond acceptors (Lipinski definition) is 5. The van der Waals surface area contributed by atoms with Gasteiger partial charge in [-0.05, 0) is 19.3 Å². The molecule has 2 rings (SSSR count). The Hall–Kier alpha value is -1.48. The summed E-state index contributed by atoms with van der Waals surface area (Å²) in [5, 5.41) is 7.80. The third-order valence-corrected chi connectivity index (χ3v) is 5.19.